The average molecular weight is 486 g/mol. The Bertz CT molecular complexity index is 1070. The molecule has 1 unspecified atom stereocenters. The molecule has 0 saturated heterocycles. The van der Waals surface area contributed by atoms with Crippen LogP contribution in [0.1, 0.15) is 31.0 Å². The Morgan fingerprint density at radius 2 is 1.97 bits per heavy atom. The second kappa shape index (κ2) is 10.0. The third kappa shape index (κ3) is 5.58. The molecule has 0 fully saturated rings. The fourth-order valence-corrected chi connectivity index (χ4v) is 3.46. The van der Waals surface area contributed by atoms with Gasteiger partial charge in [-0.25, -0.2) is 14.4 Å². The van der Waals surface area contributed by atoms with E-state index in [0.29, 0.717) is 27.1 Å². The number of hydrogen-bond acceptors (Lipinski definition) is 6. The van der Waals surface area contributed by atoms with Crippen molar-refractivity contribution in [1.29, 1.82) is 0 Å². The minimum atomic E-state index is -0.708. The number of nitrogens with one attached hydrogen (secondary N) is 2. The number of pyridine rings is 1. The SMILES string of the molecule is CCOC(=O)C1=C(C)NC(=O)NC1c1ccc(OC(=O)/C=C/c2ccncc2)c(Br)c1. The summed E-state index contributed by atoms with van der Waals surface area (Å²) in [6, 6.07) is 7.32. The van der Waals surface area contributed by atoms with Crippen LogP contribution in [-0.4, -0.2) is 29.6 Å². The summed E-state index contributed by atoms with van der Waals surface area (Å²) < 4.78 is 11.0. The van der Waals surface area contributed by atoms with Gasteiger partial charge in [-0.15, -0.1) is 0 Å². The second-order valence-corrected chi connectivity index (χ2v) is 7.37. The van der Waals surface area contributed by atoms with Crippen LogP contribution in [0.2, 0.25) is 0 Å². The molecule has 1 aliphatic heterocycles. The molecular formula is C22H20BrN3O5. The van der Waals surface area contributed by atoms with Gasteiger partial charge in [0, 0.05) is 24.2 Å². The number of carbonyl (C=O) groups is 3. The zero-order chi connectivity index (χ0) is 22.4. The molecule has 2 aromatic rings. The standard InChI is InChI=1S/C22H20BrN3O5/c1-3-30-21(28)19-13(2)25-22(29)26-20(19)15-5-6-17(16(23)12-15)31-18(27)7-4-14-8-10-24-11-9-14/h4-12,20H,3H2,1-2H3,(H2,25,26,29)/b7-4+. The Kier molecular flexibility index (Phi) is 7.19. The molecule has 2 amide bonds. The van der Waals surface area contributed by atoms with E-state index in [-0.39, 0.29) is 6.61 Å². The normalized spacial score (nSPS) is 16.0. The van der Waals surface area contributed by atoms with Gasteiger partial charge in [0.25, 0.3) is 0 Å². The number of hydrogen-bond donors (Lipinski definition) is 2. The summed E-state index contributed by atoms with van der Waals surface area (Å²) in [7, 11) is 0. The van der Waals surface area contributed by atoms with Crippen LogP contribution in [-0.2, 0) is 14.3 Å². The molecule has 3 rings (SSSR count). The van der Waals surface area contributed by atoms with Crippen LogP contribution in [0.15, 0.2) is 64.5 Å². The van der Waals surface area contributed by atoms with E-state index < -0.39 is 24.0 Å². The highest BCUT2D eigenvalue weighted by atomic mass is 79.9. The number of halogens is 1. The van der Waals surface area contributed by atoms with Crippen molar-refractivity contribution in [2.75, 3.05) is 6.61 Å². The summed E-state index contributed by atoms with van der Waals surface area (Å²) in [6.45, 7) is 3.56. The van der Waals surface area contributed by atoms with E-state index in [2.05, 4.69) is 31.5 Å². The van der Waals surface area contributed by atoms with Gasteiger partial charge < -0.3 is 20.1 Å². The summed E-state index contributed by atoms with van der Waals surface area (Å²) in [4.78, 5) is 40.4. The number of amides is 2. The van der Waals surface area contributed by atoms with Crippen molar-refractivity contribution in [3.8, 4) is 5.75 Å². The van der Waals surface area contributed by atoms with E-state index in [1.807, 2.05) is 0 Å². The Balaban J connectivity index is 1.80. The maximum atomic E-state index is 12.4. The number of esters is 2. The maximum Gasteiger partial charge on any atom is 0.338 e. The monoisotopic (exact) mass is 485 g/mol. The van der Waals surface area contributed by atoms with Gasteiger partial charge in [0.2, 0.25) is 0 Å². The minimum absolute atomic E-state index is 0.210. The Hall–Kier alpha value is -3.46. The summed E-state index contributed by atoms with van der Waals surface area (Å²) >= 11 is 3.39. The molecule has 0 aliphatic carbocycles. The average Bonchev–Trinajstić information content (AvgIpc) is 2.74. The highest BCUT2D eigenvalue weighted by Gasteiger charge is 2.32. The number of allylic oxidation sites excluding steroid dienone is 1. The Morgan fingerprint density at radius 1 is 1.23 bits per heavy atom. The molecular weight excluding hydrogens is 466 g/mol. The first-order valence-corrected chi connectivity index (χ1v) is 10.2. The molecule has 1 atom stereocenters. The van der Waals surface area contributed by atoms with Gasteiger partial charge in [0.05, 0.1) is 22.7 Å². The van der Waals surface area contributed by atoms with Crippen molar-refractivity contribution >= 4 is 40.0 Å². The summed E-state index contributed by atoms with van der Waals surface area (Å²) in [5.74, 6) is -0.777. The van der Waals surface area contributed by atoms with Crippen molar-refractivity contribution in [2.24, 2.45) is 0 Å². The number of nitrogens with zero attached hydrogens (tertiary/aromatic N) is 1. The molecule has 1 aliphatic rings. The van der Waals surface area contributed by atoms with E-state index in [1.165, 1.54) is 6.08 Å². The lowest BCUT2D eigenvalue weighted by Gasteiger charge is -2.28. The highest BCUT2D eigenvalue weighted by molar-refractivity contribution is 9.10. The molecule has 0 saturated carbocycles. The summed E-state index contributed by atoms with van der Waals surface area (Å²) in [6.07, 6.45) is 6.19. The largest absolute Gasteiger partial charge is 0.463 e. The lowest BCUT2D eigenvalue weighted by Crippen LogP contribution is -2.45. The van der Waals surface area contributed by atoms with Crippen LogP contribution < -0.4 is 15.4 Å². The van der Waals surface area contributed by atoms with E-state index in [1.54, 1.807) is 62.6 Å². The Labute approximate surface area is 187 Å². The number of aromatic nitrogens is 1. The van der Waals surface area contributed by atoms with E-state index >= 15 is 0 Å². The lowest BCUT2D eigenvalue weighted by molar-refractivity contribution is -0.139. The molecule has 9 heteroatoms. The molecule has 8 nitrogen and oxygen atoms in total. The number of rotatable bonds is 6. The van der Waals surface area contributed by atoms with Crippen molar-refractivity contribution in [2.45, 2.75) is 19.9 Å². The topological polar surface area (TPSA) is 107 Å². The van der Waals surface area contributed by atoms with Crippen LogP contribution in [0.3, 0.4) is 0 Å². The van der Waals surface area contributed by atoms with Gasteiger partial charge in [0.15, 0.2) is 0 Å². The van der Waals surface area contributed by atoms with Crippen LogP contribution in [0.5, 0.6) is 5.75 Å². The minimum Gasteiger partial charge on any atom is -0.463 e. The molecule has 160 valence electrons. The Morgan fingerprint density at radius 3 is 2.65 bits per heavy atom. The molecule has 1 aromatic carbocycles. The van der Waals surface area contributed by atoms with E-state index in [0.717, 1.165) is 5.56 Å². The third-order valence-electron chi connectivity index (χ3n) is 4.38. The van der Waals surface area contributed by atoms with Crippen LogP contribution in [0, 0.1) is 0 Å². The molecule has 1 aromatic heterocycles. The molecule has 31 heavy (non-hydrogen) atoms. The first-order valence-electron chi connectivity index (χ1n) is 9.43. The van der Waals surface area contributed by atoms with Crippen LogP contribution in [0.25, 0.3) is 6.08 Å². The maximum absolute atomic E-state index is 12.4. The zero-order valence-corrected chi connectivity index (χ0v) is 18.4. The number of urea groups is 1. The smallest absolute Gasteiger partial charge is 0.338 e. The first-order chi connectivity index (χ1) is 14.9. The summed E-state index contributed by atoms with van der Waals surface area (Å²) in [5.41, 5.74) is 2.16. The molecule has 0 spiro atoms. The number of benzene rings is 1. The molecule has 0 bridgehead atoms. The molecule has 2 heterocycles. The fourth-order valence-electron chi connectivity index (χ4n) is 2.98. The number of ether oxygens (including phenoxy) is 2. The number of carbonyl (C=O) groups excluding carboxylic acids is 3. The fraction of sp³-hybridized carbons (Fsp3) is 0.182. The van der Waals surface area contributed by atoms with Gasteiger partial charge in [-0.05, 0) is 71.2 Å². The van der Waals surface area contributed by atoms with Gasteiger partial charge in [-0.3, -0.25) is 4.98 Å². The van der Waals surface area contributed by atoms with Crippen molar-refractivity contribution in [3.63, 3.8) is 0 Å². The quantitative estimate of drug-likeness (QED) is 0.367. The van der Waals surface area contributed by atoms with E-state index in [9.17, 15) is 14.4 Å². The van der Waals surface area contributed by atoms with Gasteiger partial charge in [-0.1, -0.05) is 6.07 Å². The zero-order valence-electron chi connectivity index (χ0n) is 16.8. The first kappa shape index (κ1) is 22.2. The van der Waals surface area contributed by atoms with Crippen LogP contribution in [0.4, 0.5) is 4.79 Å². The highest BCUT2D eigenvalue weighted by Crippen LogP contribution is 2.33. The van der Waals surface area contributed by atoms with Gasteiger partial charge >= 0.3 is 18.0 Å². The molecule has 2 N–H and O–H groups in total. The van der Waals surface area contributed by atoms with Crippen molar-refractivity contribution in [3.05, 3.63) is 75.7 Å². The second-order valence-electron chi connectivity index (χ2n) is 6.52. The predicted molar refractivity (Wildman–Crippen MR) is 117 cm³/mol. The van der Waals surface area contributed by atoms with Crippen LogP contribution >= 0.6 is 15.9 Å². The van der Waals surface area contributed by atoms with Crippen molar-refractivity contribution in [1.82, 2.24) is 15.6 Å². The van der Waals surface area contributed by atoms with Crippen molar-refractivity contribution < 1.29 is 23.9 Å². The molecule has 0 radical (unpaired) electrons. The van der Waals surface area contributed by atoms with Gasteiger partial charge in [0.1, 0.15) is 5.75 Å². The third-order valence-corrected chi connectivity index (χ3v) is 5.00. The van der Waals surface area contributed by atoms with E-state index in [4.69, 9.17) is 9.47 Å². The predicted octanol–water partition coefficient (Wildman–Crippen LogP) is 3.65. The summed E-state index contributed by atoms with van der Waals surface area (Å²) in [5, 5.41) is 5.31. The lowest BCUT2D eigenvalue weighted by atomic mass is 9.95. The van der Waals surface area contributed by atoms with Gasteiger partial charge in [-0.2, -0.15) is 0 Å².